The van der Waals surface area contributed by atoms with Crippen molar-refractivity contribution in [2.75, 3.05) is 13.6 Å². The van der Waals surface area contributed by atoms with Gasteiger partial charge in [0.05, 0.1) is 6.54 Å². The number of benzene rings is 1. The van der Waals surface area contributed by atoms with Crippen LogP contribution in [-0.4, -0.2) is 19.4 Å². The molecule has 1 atom stereocenters. The van der Waals surface area contributed by atoms with Gasteiger partial charge in [0.15, 0.2) is 5.78 Å². The van der Waals surface area contributed by atoms with Crippen LogP contribution in [0.5, 0.6) is 0 Å². The minimum absolute atomic E-state index is 0.0763. The zero-order valence-electron chi connectivity index (χ0n) is 8.38. The summed E-state index contributed by atoms with van der Waals surface area (Å²) < 4.78 is 13.1. The van der Waals surface area contributed by atoms with Crippen LogP contribution in [0.2, 0.25) is 0 Å². The molecule has 76 valence electrons. The first kappa shape index (κ1) is 10.9. The van der Waals surface area contributed by atoms with Gasteiger partial charge in [-0.1, -0.05) is 24.3 Å². The van der Waals surface area contributed by atoms with Crippen LogP contribution in [0.4, 0.5) is 4.39 Å². The lowest BCUT2D eigenvalue weighted by molar-refractivity contribution is 0.0991. The Hall–Kier alpha value is -1.22. The molecule has 3 heteroatoms. The number of rotatable bonds is 4. The van der Waals surface area contributed by atoms with Gasteiger partial charge in [-0.3, -0.25) is 4.79 Å². The summed E-state index contributed by atoms with van der Waals surface area (Å²) >= 11 is 0. The fourth-order valence-corrected chi connectivity index (χ4v) is 1.35. The van der Waals surface area contributed by atoms with Gasteiger partial charge in [0.2, 0.25) is 0 Å². The van der Waals surface area contributed by atoms with Crippen LogP contribution in [0, 0.1) is 0 Å². The predicted octanol–water partition coefficient (Wildman–Crippen LogP) is 2.12. The van der Waals surface area contributed by atoms with Crippen molar-refractivity contribution < 1.29 is 9.18 Å². The molecule has 0 amide bonds. The van der Waals surface area contributed by atoms with E-state index in [0.717, 1.165) is 0 Å². The first-order valence-electron chi connectivity index (χ1n) is 4.57. The second-order valence-corrected chi connectivity index (χ2v) is 3.16. The van der Waals surface area contributed by atoms with Crippen LogP contribution in [0.15, 0.2) is 24.3 Å². The van der Waals surface area contributed by atoms with Gasteiger partial charge in [0.1, 0.15) is 6.17 Å². The van der Waals surface area contributed by atoms with Gasteiger partial charge in [-0.05, 0) is 19.5 Å². The van der Waals surface area contributed by atoms with Gasteiger partial charge < -0.3 is 5.32 Å². The largest absolute Gasteiger partial charge is 0.313 e. The summed E-state index contributed by atoms with van der Waals surface area (Å²) in [6.07, 6.45) is -1.10. The van der Waals surface area contributed by atoms with Crippen molar-refractivity contribution in [1.82, 2.24) is 5.32 Å². The third kappa shape index (κ3) is 2.39. The number of carbonyl (C=O) groups is 1. The molecule has 1 rings (SSSR count). The first-order valence-corrected chi connectivity index (χ1v) is 4.57. The van der Waals surface area contributed by atoms with Gasteiger partial charge in [0, 0.05) is 5.56 Å². The highest BCUT2D eigenvalue weighted by Gasteiger charge is 2.13. The Morgan fingerprint density at radius 3 is 2.71 bits per heavy atom. The Labute approximate surface area is 83.1 Å². The lowest BCUT2D eigenvalue weighted by Crippen LogP contribution is -2.19. The molecule has 0 aromatic heterocycles. The van der Waals surface area contributed by atoms with E-state index in [1.165, 1.54) is 6.92 Å². The molecule has 0 fully saturated rings. The standard InChI is InChI=1S/C11H14FNO/c1-8(12)9-5-3-4-6-10(9)11(14)7-13-2/h3-6,8,13H,7H2,1-2H3. The van der Waals surface area contributed by atoms with E-state index in [2.05, 4.69) is 5.32 Å². The molecule has 1 unspecified atom stereocenters. The Morgan fingerprint density at radius 1 is 1.50 bits per heavy atom. The Morgan fingerprint density at radius 2 is 2.14 bits per heavy atom. The maximum absolute atomic E-state index is 13.1. The van der Waals surface area contributed by atoms with E-state index in [-0.39, 0.29) is 12.3 Å². The third-order valence-corrected chi connectivity index (χ3v) is 2.03. The summed E-state index contributed by atoms with van der Waals surface area (Å²) in [5.74, 6) is -0.0763. The van der Waals surface area contributed by atoms with Crippen LogP contribution in [0.25, 0.3) is 0 Å². The zero-order chi connectivity index (χ0) is 10.6. The molecule has 1 N–H and O–H groups in total. The number of alkyl halides is 1. The summed E-state index contributed by atoms with van der Waals surface area (Å²) in [7, 11) is 1.69. The summed E-state index contributed by atoms with van der Waals surface area (Å²) in [6, 6.07) is 6.79. The number of carbonyl (C=O) groups excluding carboxylic acids is 1. The van der Waals surface area contributed by atoms with E-state index in [1.807, 2.05) is 0 Å². The van der Waals surface area contributed by atoms with Crippen LogP contribution in [-0.2, 0) is 0 Å². The molecular formula is C11H14FNO. The van der Waals surface area contributed by atoms with Crippen molar-refractivity contribution in [3.05, 3.63) is 35.4 Å². The summed E-state index contributed by atoms with van der Waals surface area (Å²) in [6.45, 7) is 1.68. The number of halogens is 1. The predicted molar refractivity (Wildman–Crippen MR) is 54.2 cm³/mol. The molecule has 0 radical (unpaired) electrons. The van der Waals surface area contributed by atoms with Crippen molar-refractivity contribution in [1.29, 1.82) is 0 Å². The Kier molecular flexibility index (Phi) is 3.77. The average Bonchev–Trinajstić information content (AvgIpc) is 2.18. The Bertz CT molecular complexity index is 323. The average molecular weight is 195 g/mol. The highest BCUT2D eigenvalue weighted by Crippen LogP contribution is 2.20. The molecule has 1 aromatic rings. The van der Waals surface area contributed by atoms with E-state index in [1.54, 1.807) is 31.3 Å². The summed E-state index contributed by atoms with van der Waals surface area (Å²) in [5, 5.41) is 2.76. The minimum Gasteiger partial charge on any atom is -0.313 e. The summed E-state index contributed by atoms with van der Waals surface area (Å²) in [5.41, 5.74) is 0.935. The second kappa shape index (κ2) is 4.86. The van der Waals surface area contributed by atoms with E-state index >= 15 is 0 Å². The fourth-order valence-electron chi connectivity index (χ4n) is 1.35. The molecule has 2 nitrogen and oxygen atoms in total. The molecule has 0 bridgehead atoms. The molecule has 1 aromatic carbocycles. The number of nitrogens with one attached hydrogen (secondary N) is 1. The van der Waals surface area contributed by atoms with Gasteiger partial charge in [-0.2, -0.15) is 0 Å². The normalized spacial score (nSPS) is 12.5. The van der Waals surface area contributed by atoms with Gasteiger partial charge in [-0.15, -0.1) is 0 Å². The van der Waals surface area contributed by atoms with E-state index in [0.29, 0.717) is 11.1 Å². The number of likely N-dealkylation sites (N-methyl/N-ethyl adjacent to an activating group) is 1. The molecule has 14 heavy (non-hydrogen) atoms. The van der Waals surface area contributed by atoms with E-state index in [4.69, 9.17) is 0 Å². The molecule has 0 aliphatic carbocycles. The number of hydrogen-bond donors (Lipinski definition) is 1. The van der Waals surface area contributed by atoms with E-state index in [9.17, 15) is 9.18 Å². The van der Waals surface area contributed by atoms with Gasteiger partial charge >= 0.3 is 0 Å². The minimum atomic E-state index is -1.10. The molecule has 0 aliphatic rings. The quantitative estimate of drug-likeness (QED) is 0.745. The summed E-state index contributed by atoms with van der Waals surface area (Å²) in [4.78, 5) is 11.5. The number of ketones is 1. The van der Waals surface area contributed by atoms with Crippen LogP contribution < -0.4 is 5.32 Å². The van der Waals surface area contributed by atoms with Gasteiger partial charge in [0.25, 0.3) is 0 Å². The third-order valence-electron chi connectivity index (χ3n) is 2.03. The second-order valence-electron chi connectivity index (χ2n) is 3.16. The number of Topliss-reactive ketones (excluding diaryl/α,β-unsaturated/α-hetero) is 1. The lowest BCUT2D eigenvalue weighted by Gasteiger charge is -2.08. The molecule has 0 spiro atoms. The van der Waals surface area contributed by atoms with Crippen LogP contribution in [0.3, 0.4) is 0 Å². The topological polar surface area (TPSA) is 29.1 Å². The van der Waals surface area contributed by atoms with Gasteiger partial charge in [-0.25, -0.2) is 4.39 Å². The van der Waals surface area contributed by atoms with Crippen LogP contribution >= 0.6 is 0 Å². The highest BCUT2D eigenvalue weighted by atomic mass is 19.1. The Balaban J connectivity index is 3.00. The highest BCUT2D eigenvalue weighted by molar-refractivity contribution is 5.99. The van der Waals surface area contributed by atoms with Crippen molar-refractivity contribution >= 4 is 5.78 Å². The molecule has 0 saturated heterocycles. The number of hydrogen-bond acceptors (Lipinski definition) is 2. The van der Waals surface area contributed by atoms with Crippen molar-refractivity contribution in [3.63, 3.8) is 0 Å². The molecule has 0 heterocycles. The SMILES string of the molecule is CNCC(=O)c1ccccc1C(C)F. The van der Waals surface area contributed by atoms with Crippen molar-refractivity contribution in [2.45, 2.75) is 13.1 Å². The molecule has 0 saturated carbocycles. The molecule has 0 aliphatic heterocycles. The monoisotopic (exact) mass is 195 g/mol. The maximum atomic E-state index is 13.1. The van der Waals surface area contributed by atoms with E-state index < -0.39 is 6.17 Å². The maximum Gasteiger partial charge on any atom is 0.176 e. The van der Waals surface area contributed by atoms with Crippen molar-refractivity contribution in [3.8, 4) is 0 Å². The fraction of sp³-hybridized carbons (Fsp3) is 0.364. The van der Waals surface area contributed by atoms with Crippen LogP contribution in [0.1, 0.15) is 29.0 Å². The zero-order valence-corrected chi connectivity index (χ0v) is 8.38. The first-order chi connectivity index (χ1) is 6.66. The molecular weight excluding hydrogens is 181 g/mol. The van der Waals surface area contributed by atoms with Crippen molar-refractivity contribution in [2.24, 2.45) is 0 Å². The lowest BCUT2D eigenvalue weighted by atomic mass is 10.0. The smallest absolute Gasteiger partial charge is 0.176 e.